The van der Waals surface area contributed by atoms with Gasteiger partial charge in [0.1, 0.15) is 0 Å². The molecule has 4 nitrogen and oxygen atoms in total. The molecule has 0 amide bonds. The van der Waals surface area contributed by atoms with Crippen molar-refractivity contribution in [2.24, 2.45) is 0 Å². The number of rotatable bonds is 2. The van der Waals surface area contributed by atoms with Gasteiger partial charge in [-0.15, -0.1) is 0 Å². The average Bonchev–Trinajstić information content (AvgIpc) is 2.57. The van der Waals surface area contributed by atoms with Gasteiger partial charge in [-0.2, -0.15) is 0 Å². The molecule has 0 bridgehead atoms. The molecule has 0 aromatic heterocycles. The molecule has 1 aromatic rings. The van der Waals surface area contributed by atoms with Crippen molar-refractivity contribution in [2.45, 2.75) is 38.9 Å². The first-order valence-electron chi connectivity index (χ1n) is 6.31. The summed E-state index contributed by atoms with van der Waals surface area (Å²) in [5.74, 6) is -0.384. The number of carbonyl (C=O) groups is 1. The van der Waals surface area contributed by atoms with E-state index >= 15 is 0 Å². The molecule has 1 aliphatic rings. The molecule has 19 heavy (non-hydrogen) atoms. The molecule has 1 heterocycles. The van der Waals surface area contributed by atoms with Crippen LogP contribution in [0.25, 0.3) is 0 Å². The van der Waals surface area contributed by atoms with E-state index < -0.39 is 18.3 Å². The SMILES string of the molecule is BOC(=O)c1ccccc1B1OC(C)(C)C(C)(C)O1. The van der Waals surface area contributed by atoms with Crippen LogP contribution in [0.4, 0.5) is 0 Å². The highest BCUT2D eigenvalue weighted by Crippen LogP contribution is 2.36. The Morgan fingerprint density at radius 1 is 1.16 bits per heavy atom. The molecule has 0 N–H and O–H groups in total. The Bertz CT molecular complexity index is 483. The molecule has 0 atom stereocenters. The number of benzene rings is 1. The summed E-state index contributed by atoms with van der Waals surface area (Å²) in [6.45, 7) is 7.92. The Morgan fingerprint density at radius 3 is 2.21 bits per heavy atom. The largest absolute Gasteiger partial charge is 0.540 e. The number of carbonyl (C=O) groups excluding carboxylic acids is 1. The summed E-state index contributed by atoms with van der Waals surface area (Å²) < 4.78 is 16.7. The fourth-order valence-corrected chi connectivity index (χ4v) is 1.97. The second-order valence-electron chi connectivity index (χ2n) is 5.67. The second kappa shape index (κ2) is 4.69. The third-order valence-electron chi connectivity index (χ3n) is 3.87. The van der Waals surface area contributed by atoms with E-state index in [0.717, 1.165) is 0 Å². The lowest BCUT2D eigenvalue weighted by molar-refractivity contribution is 0.00578. The maximum atomic E-state index is 11.8. The third kappa shape index (κ3) is 2.42. The zero-order valence-electron chi connectivity index (χ0n) is 12.0. The van der Waals surface area contributed by atoms with Crippen LogP contribution in [0.5, 0.6) is 0 Å². The van der Waals surface area contributed by atoms with Crippen LogP contribution in [-0.4, -0.2) is 32.3 Å². The van der Waals surface area contributed by atoms with E-state index in [1.165, 1.54) is 8.05 Å². The van der Waals surface area contributed by atoms with Crippen LogP contribution < -0.4 is 5.46 Å². The fourth-order valence-electron chi connectivity index (χ4n) is 1.97. The first-order chi connectivity index (χ1) is 8.78. The van der Waals surface area contributed by atoms with Gasteiger partial charge >= 0.3 is 21.1 Å². The van der Waals surface area contributed by atoms with Crippen molar-refractivity contribution in [1.82, 2.24) is 0 Å². The molecule has 0 radical (unpaired) electrons. The van der Waals surface area contributed by atoms with Gasteiger partial charge in [-0.1, -0.05) is 18.2 Å². The summed E-state index contributed by atoms with van der Waals surface area (Å²) in [6.07, 6.45) is 0. The highest BCUT2D eigenvalue weighted by molar-refractivity contribution is 6.63. The summed E-state index contributed by atoms with van der Waals surface area (Å²) in [7, 11) is 0.809. The average molecular weight is 260 g/mol. The minimum Gasteiger partial charge on any atom is -0.540 e. The van der Waals surface area contributed by atoms with Crippen LogP contribution in [-0.2, 0) is 14.0 Å². The molecule has 1 aromatic carbocycles. The molecule has 1 aliphatic heterocycles. The molecule has 1 saturated heterocycles. The lowest BCUT2D eigenvalue weighted by Gasteiger charge is -2.32. The standard InChI is InChI=1S/C13H18B2O4/c1-12(2)13(3,4)19-15(18-12)10-8-6-5-7-9(10)11(16)17-14/h5-8H,14H2,1-4H3. The molecule has 6 heteroatoms. The minimum atomic E-state index is -0.555. The van der Waals surface area contributed by atoms with E-state index in [4.69, 9.17) is 14.0 Å². The van der Waals surface area contributed by atoms with Gasteiger partial charge in [0.25, 0.3) is 0 Å². The Kier molecular flexibility index (Phi) is 3.49. The van der Waals surface area contributed by atoms with Gasteiger partial charge in [0.2, 0.25) is 0 Å². The normalized spacial score (nSPS) is 20.3. The van der Waals surface area contributed by atoms with Crippen LogP contribution in [0, 0.1) is 0 Å². The molecule has 100 valence electrons. The van der Waals surface area contributed by atoms with E-state index in [0.29, 0.717) is 11.0 Å². The van der Waals surface area contributed by atoms with Gasteiger partial charge in [0, 0.05) is 0 Å². The van der Waals surface area contributed by atoms with E-state index in [1.54, 1.807) is 12.1 Å². The molecule has 0 spiro atoms. The van der Waals surface area contributed by atoms with Crippen molar-refractivity contribution in [3.05, 3.63) is 29.8 Å². The van der Waals surface area contributed by atoms with E-state index in [-0.39, 0.29) is 5.97 Å². The number of hydrogen-bond donors (Lipinski definition) is 0. The quantitative estimate of drug-likeness (QED) is 0.734. The fraction of sp³-hybridized carbons (Fsp3) is 0.462. The highest BCUT2D eigenvalue weighted by atomic mass is 16.7. The molecular formula is C13H18B2O4. The molecule has 1 fully saturated rings. The van der Waals surface area contributed by atoms with Crippen molar-refractivity contribution in [1.29, 1.82) is 0 Å². The summed E-state index contributed by atoms with van der Waals surface area (Å²) >= 11 is 0. The zero-order chi connectivity index (χ0) is 14.3. The molecule has 2 rings (SSSR count). The summed E-state index contributed by atoms with van der Waals surface area (Å²) in [6, 6.07) is 7.19. The topological polar surface area (TPSA) is 44.8 Å². The van der Waals surface area contributed by atoms with Crippen molar-refractivity contribution >= 4 is 26.6 Å². The van der Waals surface area contributed by atoms with Gasteiger partial charge in [-0.05, 0) is 39.2 Å². The third-order valence-corrected chi connectivity index (χ3v) is 3.87. The predicted octanol–water partition coefficient (Wildman–Crippen LogP) is 0.691. The first kappa shape index (κ1) is 14.2. The van der Waals surface area contributed by atoms with Crippen LogP contribution in [0.3, 0.4) is 0 Å². The van der Waals surface area contributed by atoms with Gasteiger partial charge in [-0.3, -0.25) is 0 Å². The van der Waals surface area contributed by atoms with E-state index in [1.807, 2.05) is 39.8 Å². The summed E-state index contributed by atoms with van der Waals surface area (Å²) in [5, 5.41) is 0. The van der Waals surface area contributed by atoms with Crippen LogP contribution in [0.1, 0.15) is 38.1 Å². The first-order valence-corrected chi connectivity index (χ1v) is 6.31. The van der Waals surface area contributed by atoms with Crippen molar-refractivity contribution in [3.63, 3.8) is 0 Å². The van der Waals surface area contributed by atoms with Gasteiger partial charge in [0.15, 0.2) is 0 Å². The Labute approximate surface area is 115 Å². The molecule has 0 aliphatic carbocycles. The second-order valence-corrected chi connectivity index (χ2v) is 5.67. The van der Waals surface area contributed by atoms with Crippen molar-refractivity contribution < 1.29 is 18.8 Å². The lowest BCUT2D eigenvalue weighted by atomic mass is 9.76. The Balaban J connectivity index is 2.37. The summed E-state index contributed by atoms with van der Waals surface area (Å²) in [4.78, 5) is 11.8. The monoisotopic (exact) mass is 260 g/mol. The van der Waals surface area contributed by atoms with Gasteiger partial charge in [0.05, 0.1) is 16.8 Å². The van der Waals surface area contributed by atoms with Gasteiger partial charge < -0.3 is 14.0 Å². The van der Waals surface area contributed by atoms with Gasteiger partial charge in [-0.25, -0.2) is 4.79 Å². The lowest BCUT2D eigenvalue weighted by Crippen LogP contribution is -2.41. The van der Waals surface area contributed by atoms with Crippen molar-refractivity contribution in [3.8, 4) is 0 Å². The zero-order valence-corrected chi connectivity index (χ0v) is 12.0. The van der Waals surface area contributed by atoms with Crippen LogP contribution in [0.2, 0.25) is 0 Å². The Morgan fingerprint density at radius 2 is 1.68 bits per heavy atom. The minimum absolute atomic E-state index is 0.384. The maximum Gasteiger partial charge on any atom is 0.495 e. The van der Waals surface area contributed by atoms with Crippen molar-refractivity contribution in [2.75, 3.05) is 0 Å². The molecular weight excluding hydrogens is 242 g/mol. The van der Waals surface area contributed by atoms with E-state index in [9.17, 15) is 4.79 Å². The van der Waals surface area contributed by atoms with Crippen LogP contribution in [0.15, 0.2) is 24.3 Å². The highest BCUT2D eigenvalue weighted by Gasteiger charge is 2.52. The van der Waals surface area contributed by atoms with Crippen LogP contribution >= 0.6 is 0 Å². The number of hydrogen-bond acceptors (Lipinski definition) is 4. The molecule has 0 saturated carbocycles. The Hall–Kier alpha value is -1.26. The smallest absolute Gasteiger partial charge is 0.495 e. The summed E-state index contributed by atoms with van der Waals surface area (Å²) in [5.41, 5.74) is 0.318. The predicted molar refractivity (Wildman–Crippen MR) is 76.1 cm³/mol. The van der Waals surface area contributed by atoms with E-state index in [2.05, 4.69) is 0 Å². The molecule has 0 unspecified atom stereocenters. The maximum absolute atomic E-state index is 11.8.